The molecule has 25 heavy (non-hydrogen) atoms. The van der Waals surface area contributed by atoms with Gasteiger partial charge in [0.25, 0.3) is 5.91 Å². The second-order valence-electron chi connectivity index (χ2n) is 7.09. The summed E-state index contributed by atoms with van der Waals surface area (Å²) in [7, 11) is 0. The summed E-state index contributed by atoms with van der Waals surface area (Å²) in [5.74, 6) is -0.0523. The van der Waals surface area contributed by atoms with Crippen LogP contribution in [0, 0.1) is 6.92 Å². The standard InChI is InChI=1S/C20H22N2O3/c1-12-10-19(24)16(11-22(12)13-8-9-13)20(25)21-17-6-2-5-15-14(17)4-3-7-18(15)23/h3-4,7,10-11,13,17,23H,2,5-6,8-9H2,1H3,(H,21,25). The second kappa shape index (κ2) is 6.06. The van der Waals surface area contributed by atoms with Crippen LogP contribution in [0.4, 0.5) is 0 Å². The maximum Gasteiger partial charge on any atom is 0.257 e. The molecule has 1 amide bonds. The van der Waals surface area contributed by atoms with E-state index in [4.69, 9.17) is 0 Å². The van der Waals surface area contributed by atoms with Crippen molar-refractivity contribution in [1.29, 1.82) is 0 Å². The molecule has 2 aliphatic rings. The molecule has 0 bridgehead atoms. The fraction of sp³-hybridized carbons (Fsp3) is 0.400. The first-order chi connectivity index (χ1) is 12.0. The summed E-state index contributed by atoms with van der Waals surface area (Å²) in [6, 6.07) is 7.21. The Hall–Kier alpha value is -2.56. The minimum absolute atomic E-state index is 0.168. The highest BCUT2D eigenvalue weighted by atomic mass is 16.3. The van der Waals surface area contributed by atoms with Crippen molar-refractivity contribution in [1.82, 2.24) is 9.88 Å². The molecule has 1 unspecified atom stereocenters. The van der Waals surface area contributed by atoms with Gasteiger partial charge in [-0.05, 0) is 56.2 Å². The van der Waals surface area contributed by atoms with Gasteiger partial charge >= 0.3 is 0 Å². The maximum atomic E-state index is 12.7. The minimum Gasteiger partial charge on any atom is -0.508 e. The van der Waals surface area contributed by atoms with Crippen molar-refractivity contribution < 1.29 is 9.90 Å². The lowest BCUT2D eigenvalue weighted by atomic mass is 9.87. The van der Waals surface area contributed by atoms with Gasteiger partial charge in [-0.3, -0.25) is 9.59 Å². The fourth-order valence-electron chi connectivity index (χ4n) is 3.78. The van der Waals surface area contributed by atoms with E-state index in [0.717, 1.165) is 48.9 Å². The van der Waals surface area contributed by atoms with Gasteiger partial charge < -0.3 is 15.0 Å². The van der Waals surface area contributed by atoms with Gasteiger partial charge in [-0.15, -0.1) is 0 Å². The Morgan fingerprint density at radius 3 is 2.84 bits per heavy atom. The van der Waals surface area contributed by atoms with E-state index in [1.54, 1.807) is 24.4 Å². The van der Waals surface area contributed by atoms with Gasteiger partial charge in [-0.25, -0.2) is 0 Å². The summed E-state index contributed by atoms with van der Waals surface area (Å²) in [6.45, 7) is 1.90. The Morgan fingerprint density at radius 1 is 1.28 bits per heavy atom. The Balaban J connectivity index is 1.63. The lowest BCUT2D eigenvalue weighted by Gasteiger charge is -2.27. The maximum absolute atomic E-state index is 12.7. The van der Waals surface area contributed by atoms with Gasteiger partial charge in [0.15, 0.2) is 5.43 Å². The van der Waals surface area contributed by atoms with Gasteiger partial charge in [0.1, 0.15) is 11.3 Å². The molecule has 1 saturated carbocycles. The molecule has 1 aromatic heterocycles. The number of phenols is 1. The molecule has 130 valence electrons. The molecule has 0 saturated heterocycles. The average Bonchev–Trinajstić information content (AvgIpc) is 3.40. The van der Waals surface area contributed by atoms with Gasteiger partial charge in [0.05, 0.1) is 6.04 Å². The quantitative estimate of drug-likeness (QED) is 0.904. The zero-order valence-electron chi connectivity index (χ0n) is 14.3. The number of aromatic hydroxyl groups is 1. The van der Waals surface area contributed by atoms with E-state index in [1.165, 1.54) is 0 Å². The number of pyridine rings is 1. The molecular formula is C20H22N2O3. The number of carbonyl (C=O) groups excluding carboxylic acids is 1. The smallest absolute Gasteiger partial charge is 0.257 e. The van der Waals surface area contributed by atoms with Crippen LogP contribution in [0.25, 0.3) is 0 Å². The summed E-state index contributed by atoms with van der Waals surface area (Å²) < 4.78 is 2.04. The van der Waals surface area contributed by atoms with E-state index in [-0.39, 0.29) is 28.7 Å². The van der Waals surface area contributed by atoms with Crippen LogP contribution in [0.15, 0.2) is 35.3 Å². The molecule has 2 N–H and O–H groups in total. The highest BCUT2D eigenvalue weighted by molar-refractivity contribution is 5.94. The van der Waals surface area contributed by atoms with Crippen LogP contribution in [-0.4, -0.2) is 15.6 Å². The van der Waals surface area contributed by atoms with E-state index in [9.17, 15) is 14.7 Å². The monoisotopic (exact) mass is 338 g/mol. The number of rotatable bonds is 3. The van der Waals surface area contributed by atoms with Crippen LogP contribution >= 0.6 is 0 Å². The molecule has 5 heteroatoms. The van der Waals surface area contributed by atoms with E-state index in [0.29, 0.717) is 6.04 Å². The molecule has 2 aromatic rings. The molecule has 1 heterocycles. The second-order valence-corrected chi connectivity index (χ2v) is 7.09. The van der Waals surface area contributed by atoms with Crippen LogP contribution in [0.1, 0.15) is 64.9 Å². The Bertz CT molecular complexity index is 896. The molecular weight excluding hydrogens is 316 g/mol. The lowest BCUT2D eigenvalue weighted by Crippen LogP contribution is -2.34. The third-order valence-corrected chi connectivity index (χ3v) is 5.25. The summed E-state index contributed by atoms with van der Waals surface area (Å²) >= 11 is 0. The molecule has 0 aliphatic heterocycles. The molecule has 2 aliphatic carbocycles. The van der Waals surface area contributed by atoms with Crippen LogP contribution in [0.3, 0.4) is 0 Å². The van der Waals surface area contributed by atoms with Crippen molar-refractivity contribution in [3.05, 3.63) is 63.1 Å². The number of fused-ring (bicyclic) bond motifs is 1. The molecule has 1 atom stereocenters. The number of hydrogen-bond donors (Lipinski definition) is 2. The fourth-order valence-corrected chi connectivity index (χ4v) is 3.78. The highest BCUT2D eigenvalue weighted by Crippen LogP contribution is 2.36. The molecule has 0 radical (unpaired) electrons. The molecule has 1 aromatic carbocycles. The van der Waals surface area contributed by atoms with Crippen LogP contribution in [-0.2, 0) is 6.42 Å². The van der Waals surface area contributed by atoms with Crippen molar-refractivity contribution >= 4 is 5.91 Å². The Kier molecular flexibility index (Phi) is 3.86. The topological polar surface area (TPSA) is 71.3 Å². The number of benzene rings is 1. The number of carbonyl (C=O) groups is 1. The average molecular weight is 338 g/mol. The van der Waals surface area contributed by atoms with Crippen molar-refractivity contribution in [2.24, 2.45) is 0 Å². The number of nitrogens with zero attached hydrogens (tertiary/aromatic N) is 1. The predicted octanol–water partition coefficient (Wildman–Crippen LogP) is 3.00. The number of aryl methyl sites for hydroxylation is 1. The number of hydrogen-bond acceptors (Lipinski definition) is 3. The van der Waals surface area contributed by atoms with E-state index >= 15 is 0 Å². The summed E-state index contributed by atoms with van der Waals surface area (Å²) in [6.07, 6.45) is 6.42. The third-order valence-electron chi connectivity index (χ3n) is 5.25. The minimum atomic E-state index is -0.333. The number of amides is 1. The van der Waals surface area contributed by atoms with Crippen LogP contribution in [0.2, 0.25) is 0 Å². The Labute approximate surface area is 146 Å². The number of aromatic nitrogens is 1. The summed E-state index contributed by atoms with van der Waals surface area (Å²) in [5.41, 5.74) is 2.72. The zero-order valence-corrected chi connectivity index (χ0v) is 14.3. The first-order valence-electron chi connectivity index (χ1n) is 8.89. The molecule has 1 fully saturated rings. The summed E-state index contributed by atoms with van der Waals surface area (Å²) in [4.78, 5) is 25.1. The number of nitrogens with one attached hydrogen (secondary N) is 1. The molecule has 5 nitrogen and oxygen atoms in total. The van der Waals surface area contributed by atoms with E-state index < -0.39 is 0 Å². The highest BCUT2D eigenvalue weighted by Gasteiger charge is 2.27. The zero-order chi connectivity index (χ0) is 17.6. The van der Waals surface area contributed by atoms with Gasteiger partial charge in [-0.2, -0.15) is 0 Å². The molecule has 4 rings (SSSR count). The van der Waals surface area contributed by atoms with Crippen molar-refractivity contribution in [2.45, 2.75) is 51.1 Å². The normalized spacial score (nSPS) is 19.3. The molecule has 0 spiro atoms. The lowest BCUT2D eigenvalue weighted by molar-refractivity contribution is 0.0930. The number of phenolic OH excluding ortho intramolecular Hbond substituents is 1. The SMILES string of the molecule is Cc1cc(=O)c(C(=O)NC2CCCc3c(O)cccc32)cn1C1CC1. The predicted molar refractivity (Wildman–Crippen MR) is 95.0 cm³/mol. The van der Waals surface area contributed by atoms with Crippen molar-refractivity contribution in [3.8, 4) is 5.75 Å². The first kappa shape index (κ1) is 15.9. The van der Waals surface area contributed by atoms with Crippen LogP contribution < -0.4 is 10.7 Å². The largest absolute Gasteiger partial charge is 0.508 e. The first-order valence-corrected chi connectivity index (χ1v) is 8.89. The Morgan fingerprint density at radius 2 is 2.08 bits per heavy atom. The van der Waals surface area contributed by atoms with Crippen LogP contribution in [0.5, 0.6) is 5.75 Å². The van der Waals surface area contributed by atoms with E-state index in [2.05, 4.69) is 5.32 Å². The van der Waals surface area contributed by atoms with Crippen molar-refractivity contribution in [3.63, 3.8) is 0 Å². The summed E-state index contributed by atoms with van der Waals surface area (Å²) in [5, 5.41) is 13.0. The van der Waals surface area contributed by atoms with Gasteiger partial charge in [-0.1, -0.05) is 12.1 Å². The van der Waals surface area contributed by atoms with Gasteiger partial charge in [0, 0.05) is 24.0 Å². The van der Waals surface area contributed by atoms with E-state index in [1.807, 2.05) is 17.6 Å². The van der Waals surface area contributed by atoms with Crippen molar-refractivity contribution in [2.75, 3.05) is 0 Å². The third kappa shape index (κ3) is 2.95. The van der Waals surface area contributed by atoms with Gasteiger partial charge in [0.2, 0.25) is 0 Å².